The van der Waals surface area contributed by atoms with Crippen LogP contribution in [0.1, 0.15) is 22.2 Å². The molecule has 2 rings (SSSR count). The second kappa shape index (κ2) is 3.83. The van der Waals surface area contributed by atoms with Gasteiger partial charge in [0.25, 0.3) is 0 Å². The number of nitrogen functional groups attached to an aromatic ring is 1. The lowest BCUT2D eigenvalue weighted by molar-refractivity contribution is 0.0699. The number of aromatic nitrogens is 1. The average molecular weight is 232 g/mol. The quantitative estimate of drug-likeness (QED) is 0.737. The number of aromatic carboxylic acids is 1. The van der Waals surface area contributed by atoms with Crippen molar-refractivity contribution in [2.75, 3.05) is 5.73 Å². The first-order valence-electron chi connectivity index (χ1n) is 4.47. The van der Waals surface area contributed by atoms with E-state index in [1.165, 1.54) is 17.5 Å². The van der Waals surface area contributed by atoms with Crippen LogP contribution in [0, 0.1) is 11.8 Å². The molecule has 80 valence electrons. The predicted molar refractivity (Wildman–Crippen MR) is 63.5 cm³/mol. The fourth-order valence-electron chi connectivity index (χ4n) is 1.38. The van der Waals surface area contributed by atoms with Crippen LogP contribution in [-0.2, 0) is 0 Å². The Morgan fingerprint density at radius 3 is 3.00 bits per heavy atom. The molecule has 16 heavy (non-hydrogen) atoms. The Bertz CT molecular complexity index is 634. The first-order valence-corrected chi connectivity index (χ1v) is 5.29. The number of thiophene rings is 1. The Balaban J connectivity index is 2.80. The van der Waals surface area contributed by atoms with E-state index in [0.29, 0.717) is 15.9 Å². The van der Waals surface area contributed by atoms with E-state index in [1.807, 2.05) is 0 Å². The summed E-state index contributed by atoms with van der Waals surface area (Å²) in [5, 5.41) is 9.66. The second-order valence-corrected chi connectivity index (χ2v) is 4.14. The number of rotatable bonds is 1. The van der Waals surface area contributed by atoms with Crippen molar-refractivity contribution in [2.24, 2.45) is 0 Å². The number of hydrogen-bond donors (Lipinski definition) is 2. The van der Waals surface area contributed by atoms with Gasteiger partial charge in [0, 0.05) is 11.6 Å². The molecule has 0 aliphatic heterocycles. The molecule has 0 saturated carbocycles. The van der Waals surface area contributed by atoms with Crippen LogP contribution in [0.15, 0.2) is 12.3 Å². The standard InChI is InChI=1S/C11H8N2O2S/c1-2-3-6-4-7-9(16-6)8(11(14)15)5-13-10(7)12/h4-5H,1H3,(H2,12,13)(H,14,15). The number of fused-ring (bicyclic) bond motifs is 1. The highest BCUT2D eigenvalue weighted by Gasteiger charge is 2.14. The summed E-state index contributed by atoms with van der Waals surface area (Å²) in [6.45, 7) is 1.73. The molecule has 0 aliphatic carbocycles. The van der Waals surface area contributed by atoms with Gasteiger partial charge in [-0.3, -0.25) is 0 Å². The van der Waals surface area contributed by atoms with Crippen molar-refractivity contribution in [3.8, 4) is 11.8 Å². The average Bonchev–Trinajstić information content (AvgIpc) is 2.62. The van der Waals surface area contributed by atoms with Gasteiger partial charge in [-0.15, -0.1) is 17.3 Å². The van der Waals surface area contributed by atoms with Crippen molar-refractivity contribution in [3.05, 3.63) is 22.7 Å². The highest BCUT2D eigenvalue weighted by Crippen LogP contribution is 2.31. The molecule has 0 aliphatic rings. The highest BCUT2D eigenvalue weighted by molar-refractivity contribution is 7.20. The number of carboxylic acids is 1. The van der Waals surface area contributed by atoms with E-state index in [4.69, 9.17) is 10.8 Å². The molecule has 2 aromatic rings. The van der Waals surface area contributed by atoms with Gasteiger partial charge in [0.15, 0.2) is 0 Å². The van der Waals surface area contributed by atoms with Gasteiger partial charge in [0.05, 0.1) is 15.1 Å². The summed E-state index contributed by atoms with van der Waals surface area (Å²) in [4.78, 5) is 15.6. The largest absolute Gasteiger partial charge is 0.478 e. The minimum atomic E-state index is -1.00. The third kappa shape index (κ3) is 1.59. The van der Waals surface area contributed by atoms with E-state index >= 15 is 0 Å². The summed E-state index contributed by atoms with van der Waals surface area (Å²) in [7, 11) is 0. The summed E-state index contributed by atoms with van der Waals surface area (Å²) in [6.07, 6.45) is 1.28. The Kier molecular flexibility index (Phi) is 2.50. The maximum absolute atomic E-state index is 11.0. The SMILES string of the molecule is CC#Cc1cc2c(N)ncc(C(=O)O)c2s1. The fourth-order valence-corrected chi connectivity index (χ4v) is 2.45. The molecule has 0 aromatic carbocycles. The number of hydrogen-bond acceptors (Lipinski definition) is 4. The van der Waals surface area contributed by atoms with E-state index in [2.05, 4.69) is 16.8 Å². The third-order valence-electron chi connectivity index (χ3n) is 2.06. The monoisotopic (exact) mass is 232 g/mol. The molecule has 4 nitrogen and oxygen atoms in total. The van der Waals surface area contributed by atoms with Crippen LogP contribution in [0.4, 0.5) is 5.82 Å². The minimum absolute atomic E-state index is 0.165. The molecule has 0 radical (unpaired) electrons. The zero-order valence-corrected chi connectivity index (χ0v) is 9.26. The highest BCUT2D eigenvalue weighted by atomic mass is 32.1. The van der Waals surface area contributed by atoms with Gasteiger partial charge in [-0.05, 0) is 13.0 Å². The number of anilines is 1. The Labute approximate surface area is 95.7 Å². The summed E-state index contributed by atoms with van der Waals surface area (Å²) < 4.78 is 0.623. The zero-order chi connectivity index (χ0) is 11.7. The first kappa shape index (κ1) is 10.5. The van der Waals surface area contributed by atoms with E-state index in [9.17, 15) is 4.79 Å². The van der Waals surface area contributed by atoms with Crippen molar-refractivity contribution >= 4 is 33.2 Å². The van der Waals surface area contributed by atoms with Gasteiger partial charge in [-0.1, -0.05) is 5.92 Å². The van der Waals surface area contributed by atoms with E-state index in [1.54, 1.807) is 13.0 Å². The maximum Gasteiger partial charge on any atom is 0.338 e. The number of nitrogens with two attached hydrogens (primary N) is 1. The Morgan fingerprint density at radius 2 is 2.38 bits per heavy atom. The molecule has 0 bridgehead atoms. The fraction of sp³-hybridized carbons (Fsp3) is 0.0909. The van der Waals surface area contributed by atoms with Crippen LogP contribution in [0.5, 0.6) is 0 Å². The number of carbonyl (C=O) groups is 1. The Hall–Kier alpha value is -2.06. The topological polar surface area (TPSA) is 76.2 Å². The van der Waals surface area contributed by atoms with Crippen molar-refractivity contribution in [1.82, 2.24) is 4.98 Å². The molecule has 0 amide bonds. The molecular weight excluding hydrogens is 224 g/mol. The van der Waals surface area contributed by atoms with Gasteiger partial charge < -0.3 is 10.8 Å². The van der Waals surface area contributed by atoms with Crippen molar-refractivity contribution in [1.29, 1.82) is 0 Å². The summed E-state index contributed by atoms with van der Waals surface area (Å²) in [5.74, 6) is 4.98. The lowest BCUT2D eigenvalue weighted by Crippen LogP contribution is -1.99. The van der Waals surface area contributed by atoms with Crippen molar-refractivity contribution < 1.29 is 9.90 Å². The summed E-state index contributed by atoms with van der Waals surface area (Å²) in [5.41, 5.74) is 5.85. The normalized spacial score (nSPS) is 9.81. The van der Waals surface area contributed by atoms with Gasteiger partial charge >= 0.3 is 5.97 Å². The molecule has 5 heteroatoms. The smallest absolute Gasteiger partial charge is 0.338 e. The molecule has 0 atom stereocenters. The van der Waals surface area contributed by atoms with Gasteiger partial charge in [-0.2, -0.15) is 0 Å². The third-order valence-corrected chi connectivity index (χ3v) is 3.15. The van der Waals surface area contributed by atoms with Crippen molar-refractivity contribution in [3.63, 3.8) is 0 Å². The summed E-state index contributed by atoms with van der Waals surface area (Å²) >= 11 is 1.32. The molecule has 0 spiro atoms. The molecule has 2 aromatic heterocycles. The van der Waals surface area contributed by atoms with Crippen molar-refractivity contribution in [2.45, 2.75) is 6.92 Å². The lowest BCUT2D eigenvalue weighted by Gasteiger charge is -1.98. The molecule has 3 N–H and O–H groups in total. The molecule has 2 heterocycles. The molecule has 0 unspecified atom stereocenters. The minimum Gasteiger partial charge on any atom is -0.478 e. The van der Waals surface area contributed by atoms with Crippen LogP contribution in [-0.4, -0.2) is 16.1 Å². The molecule has 0 fully saturated rings. The van der Waals surface area contributed by atoms with Gasteiger partial charge in [0.1, 0.15) is 5.82 Å². The van der Waals surface area contributed by atoms with Gasteiger partial charge in [-0.25, -0.2) is 9.78 Å². The number of nitrogens with zero attached hydrogens (tertiary/aromatic N) is 1. The number of pyridine rings is 1. The van der Waals surface area contributed by atoms with E-state index < -0.39 is 5.97 Å². The molecule has 0 saturated heterocycles. The first-order chi connectivity index (χ1) is 7.63. The summed E-state index contributed by atoms with van der Waals surface area (Å²) in [6, 6.07) is 1.77. The zero-order valence-electron chi connectivity index (χ0n) is 8.44. The maximum atomic E-state index is 11.0. The van der Waals surface area contributed by atoms with Crippen LogP contribution < -0.4 is 5.73 Å². The van der Waals surface area contributed by atoms with Gasteiger partial charge in [0.2, 0.25) is 0 Å². The van der Waals surface area contributed by atoms with Crippen LogP contribution in [0.2, 0.25) is 0 Å². The van der Waals surface area contributed by atoms with Crippen LogP contribution in [0.3, 0.4) is 0 Å². The van der Waals surface area contributed by atoms with Crippen LogP contribution in [0.25, 0.3) is 10.1 Å². The van der Waals surface area contributed by atoms with E-state index in [0.717, 1.165) is 4.88 Å². The Morgan fingerprint density at radius 1 is 1.62 bits per heavy atom. The van der Waals surface area contributed by atoms with E-state index in [-0.39, 0.29) is 5.56 Å². The second-order valence-electron chi connectivity index (χ2n) is 3.09. The molecular formula is C11H8N2O2S. The lowest BCUT2D eigenvalue weighted by atomic mass is 10.2. The number of carboxylic acid groups (broad SMARTS) is 1. The predicted octanol–water partition coefficient (Wildman–Crippen LogP) is 1.95. The van der Waals surface area contributed by atoms with Crippen LogP contribution >= 0.6 is 11.3 Å².